The summed E-state index contributed by atoms with van der Waals surface area (Å²) in [5, 5.41) is 34.2. The minimum absolute atomic E-state index is 0.303. The van der Waals surface area contributed by atoms with Gasteiger partial charge in [0.2, 0.25) is 0 Å². The van der Waals surface area contributed by atoms with E-state index in [-0.39, 0.29) is 0 Å². The Hall–Kier alpha value is -3.93. The summed E-state index contributed by atoms with van der Waals surface area (Å²) >= 11 is 0. The number of allylic oxidation sites excluding steroid dienone is 1. The quantitative estimate of drug-likeness (QED) is 0.293. The van der Waals surface area contributed by atoms with Crippen molar-refractivity contribution < 1.29 is 14.8 Å². The molecule has 0 spiro atoms. The zero-order valence-corrected chi connectivity index (χ0v) is 19.0. The number of rotatable bonds is 9. The van der Waals surface area contributed by atoms with Crippen molar-refractivity contribution in [3.05, 3.63) is 101 Å². The molecule has 4 N–H and O–H groups in total. The topological polar surface area (TPSA) is 118 Å². The summed E-state index contributed by atoms with van der Waals surface area (Å²) < 4.78 is 0. The third-order valence-corrected chi connectivity index (χ3v) is 5.28. The van der Waals surface area contributed by atoms with Gasteiger partial charge in [-0.05, 0) is 54.7 Å². The number of nitrogens with zero attached hydrogens (tertiary/aromatic N) is 2. The Balaban J connectivity index is 1.54. The summed E-state index contributed by atoms with van der Waals surface area (Å²) in [6, 6.07) is 22.5. The third-order valence-electron chi connectivity index (χ3n) is 5.28. The Kier molecular flexibility index (Phi) is 8.98. The summed E-state index contributed by atoms with van der Waals surface area (Å²) in [7, 11) is -1.68. The molecule has 8 heteroatoms. The van der Waals surface area contributed by atoms with Crippen LogP contribution in [0, 0.1) is 18.3 Å². The SMILES string of the molecule is Cc1ccc(CC(NC(=O)NCCc2cccc(/C=C(\C#N)c3ccccn3)c2)B(O)O)cc1. The number of hydrogen-bond acceptors (Lipinski definition) is 5. The lowest BCUT2D eigenvalue weighted by atomic mass is 9.76. The molecule has 0 bridgehead atoms. The summed E-state index contributed by atoms with van der Waals surface area (Å²) in [5.41, 5.74) is 4.95. The van der Waals surface area contributed by atoms with Gasteiger partial charge in [0.05, 0.1) is 17.2 Å². The Labute approximate surface area is 199 Å². The van der Waals surface area contributed by atoms with E-state index in [1.54, 1.807) is 24.4 Å². The molecule has 172 valence electrons. The van der Waals surface area contributed by atoms with Crippen LogP contribution in [0.2, 0.25) is 0 Å². The first kappa shape index (κ1) is 24.7. The fraction of sp³-hybridized carbons (Fsp3) is 0.192. The Morgan fingerprint density at radius 1 is 1.12 bits per heavy atom. The highest BCUT2D eigenvalue weighted by Crippen LogP contribution is 2.16. The molecule has 3 rings (SSSR count). The zero-order valence-electron chi connectivity index (χ0n) is 19.0. The first-order valence-electron chi connectivity index (χ1n) is 11.0. The second kappa shape index (κ2) is 12.4. The highest BCUT2D eigenvalue weighted by Gasteiger charge is 2.25. The molecule has 1 unspecified atom stereocenters. The van der Waals surface area contributed by atoms with E-state index < -0.39 is 19.1 Å². The van der Waals surface area contributed by atoms with Crippen molar-refractivity contribution in [1.29, 1.82) is 5.26 Å². The van der Waals surface area contributed by atoms with Crippen LogP contribution in [-0.2, 0) is 12.8 Å². The maximum absolute atomic E-state index is 12.3. The number of benzene rings is 2. The maximum atomic E-state index is 12.3. The largest absolute Gasteiger partial charge is 0.475 e. The smallest absolute Gasteiger partial charge is 0.426 e. The van der Waals surface area contributed by atoms with Crippen LogP contribution in [0.4, 0.5) is 4.79 Å². The minimum Gasteiger partial charge on any atom is -0.426 e. The molecule has 1 atom stereocenters. The molecule has 2 amide bonds. The molecule has 0 saturated heterocycles. The van der Waals surface area contributed by atoms with Gasteiger partial charge in [-0.2, -0.15) is 5.26 Å². The van der Waals surface area contributed by atoms with Crippen molar-refractivity contribution in [2.24, 2.45) is 0 Å². The van der Waals surface area contributed by atoms with Gasteiger partial charge in [-0.25, -0.2) is 4.79 Å². The number of nitrogens with one attached hydrogen (secondary N) is 2. The van der Waals surface area contributed by atoms with Gasteiger partial charge in [-0.15, -0.1) is 0 Å². The van der Waals surface area contributed by atoms with Crippen LogP contribution in [0.5, 0.6) is 0 Å². The molecule has 2 aromatic carbocycles. The third kappa shape index (κ3) is 7.59. The maximum Gasteiger partial charge on any atom is 0.475 e. The monoisotopic (exact) mass is 454 g/mol. The molecular formula is C26H27BN4O3. The molecule has 1 aromatic heterocycles. The molecule has 0 aliphatic heterocycles. The predicted octanol–water partition coefficient (Wildman–Crippen LogP) is 2.92. The number of hydrogen-bond donors (Lipinski definition) is 4. The van der Waals surface area contributed by atoms with Gasteiger partial charge in [0.15, 0.2) is 0 Å². The number of urea groups is 1. The average molecular weight is 454 g/mol. The molecule has 0 aliphatic carbocycles. The van der Waals surface area contributed by atoms with Crippen LogP contribution in [-0.4, -0.2) is 40.7 Å². The Morgan fingerprint density at radius 2 is 1.91 bits per heavy atom. The summed E-state index contributed by atoms with van der Waals surface area (Å²) in [6.45, 7) is 2.34. The average Bonchev–Trinajstić information content (AvgIpc) is 2.84. The first-order valence-corrected chi connectivity index (χ1v) is 11.0. The van der Waals surface area contributed by atoms with Crippen LogP contribution in [0.15, 0.2) is 72.9 Å². The fourth-order valence-electron chi connectivity index (χ4n) is 3.44. The van der Waals surface area contributed by atoms with Crippen molar-refractivity contribution >= 4 is 24.8 Å². The van der Waals surface area contributed by atoms with Crippen molar-refractivity contribution in [2.75, 3.05) is 6.54 Å². The van der Waals surface area contributed by atoms with Gasteiger partial charge in [-0.3, -0.25) is 4.98 Å². The summed E-state index contributed by atoms with van der Waals surface area (Å²) in [6.07, 6.45) is 4.31. The summed E-state index contributed by atoms with van der Waals surface area (Å²) in [5.74, 6) is -0.827. The number of aromatic nitrogens is 1. The highest BCUT2D eigenvalue weighted by molar-refractivity contribution is 6.43. The lowest BCUT2D eigenvalue weighted by Crippen LogP contribution is -2.51. The standard InChI is InChI=1S/C26H27BN4O3/c1-19-8-10-21(11-9-19)17-25(27(33)34)31-26(32)30-14-12-20-5-4-6-22(15-20)16-23(18-28)24-7-2-3-13-29-24/h2-11,13,15-16,25,33-34H,12,14,17H2,1H3,(H2,30,31,32)/b23-16+. The Morgan fingerprint density at radius 3 is 2.59 bits per heavy atom. The number of carbonyl (C=O) groups excluding carboxylic acids is 1. The first-order chi connectivity index (χ1) is 16.4. The van der Waals surface area contributed by atoms with Crippen LogP contribution < -0.4 is 10.6 Å². The van der Waals surface area contributed by atoms with E-state index in [9.17, 15) is 20.1 Å². The van der Waals surface area contributed by atoms with Crippen molar-refractivity contribution in [1.82, 2.24) is 15.6 Å². The molecule has 3 aromatic rings. The van der Waals surface area contributed by atoms with E-state index in [0.29, 0.717) is 30.7 Å². The Bertz CT molecular complexity index is 1160. The predicted molar refractivity (Wildman–Crippen MR) is 133 cm³/mol. The molecule has 0 radical (unpaired) electrons. The molecule has 0 saturated carbocycles. The number of nitriles is 1. The number of amides is 2. The van der Waals surface area contributed by atoms with Crippen LogP contribution in [0.1, 0.15) is 27.9 Å². The molecule has 34 heavy (non-hydrogen) atoms. The number of pyridine rings is 1. The van der Waals surface area contributed by atoms with Gasteiger partial charge >= 0.3 is 13.1 Å². The second-order valence-corrected chi connectivity index (χ2v) is 7.99. The lowest BCUT2D eigenvalue weighted by Gasteiger charge is -2.18. The number of aryl methyl sites for hydroxylation is 1. The molecule has 1 heterocycles. The van der Waals surface area contributed by atoms with Crippen LogP contribution in [0.25, 0.3) is 11.6 Å². The van der Waals surface area contributed by atoms with Gasteiger partial charge in [0.25, 0.3) is 0 Å². The molecular weight excluding hydrogens is 427 g/mol. The van der Waals surface area contributed by atoms with Crippen molar-refractivity contribution in [3.63, 3.8) is 0 Å². The van der Waals surface area contributed by atoms with Crippen LogP contribution in [0.3, 0.4) is 0 Å². The van der Waals surface area contributed by atoms with Crippen LogP contribution >= 0.6 is 0 Å². The van der Waals surface area contributed by atoms with Crippen molar-refractivity contribution in [3.8, 4) is 6.07 Å². The fourth-order valence-corrected chi connectivity index (χ4v) is 3.44. The lowest BCUT2D eigenvalue weighted by molar-refractivity contribution is 0.237. The van der Waals surface area contributed by atoms with E-state index in [1.165, 1.54) is 0 Å². The van der Waals surface area contributed by atoms with E-state index in [2.05, 4.69) is 21.7 Å². The van der Waals surface area contributed by atoms with E-state index in [1.807, 2.05) is 61.5 Å². The normalized spacial score (nSPS) is 11.9. The van der Waals surface area contributed by atoms with Gasteiger partial charge in [-0.1, -0.05) is 60.2 Å². The van der Waals surface area contributed by atoms with Gasteiger partial charge in [0.1, 0.15) is 6.07 Å². The molecule has 0 fully saturated rings. The van der Waals surface area contributed by atoms with Gasteiger partial charge in [0, 0.05) is 12.7 Å². The molecule has 7 nitrogen and oxygen atoms in total. The second-order valence-electron chi connectivity index (χ2n) is 7.99. The van der Waals surface area contributed by atoms with E-state index >= 15 is 0 Å². The summed E-state index contributed by atoms with van der Waals surface area (Å²) in [4.78, 5) is 16.5. The van der Waals surface area contributed by atoms with Gasteiger partial charge < -0.3 is 20.7 Å². The van der Waals surface area contributed by atoms with E-state index in [0.717, 1.165) is 22.3 Å². The minimum atomic E-state index is -1.68. The zero-order chi connectivity index (χ0) is 24.3. The van der Waals surface area contributed by atoms with E-state index in [4.69, 9.17) is 0 Å². The number of carbonyl (C=O) groups is 1. The van der Waals surface area contributed by atoms with Crippen molar-refractivity contribution in [2.45, 2.75) is 25.7 Å². The molecule has 0 aliphatic rings. The highest BCUT2D eigenvalue weighted by atomic mass is 16.4.